The van der Waals surface area contributed by atoms with Crippen LogP contribution in [0.3, 0.4) is 0 Å². The molecule has 0 aliphatic heterocycles. The normalized spacial score (nSPS) is 19.2. The first-order valence-corrected chi connectivity index (χ1v) is 10.3. The van der Waals surface area contributed by atoms with Gasteiger partial charge in [-0.1, -0.05) is 36.4 Å². The van der Waals surface area contributed by atoms with Crippen LogP contribution in [0.1, 0.15) is 27.7 Å². The molecule has 0 radical (unpaired) electrons. The Labute approximate surface area is 133 Å². The zero-order valence-electron chi connectivity index (χ0n) is 14.0. The molecule has 0 fully saturated rings. The van der Waals surface area contributed by atoms with Gasteiger partial charge in [-0.25, -0.2) is 22.0 Å². The molecule has 0 heterocycles. The van der Waals surface area contributed by atoms with Gasteiger partial charge in [-0.05, 0) is 32.3 Å². The Kier molecular flexibility index (Phi) is 4.35. The van der Waals surface area contributed by atoms with E-state index in [4.69, 9.17) is 0 Å². The molecule has 0 saturated heterocycles. The third kappa shape index (κ3) is 2.38. The van der Waals surface area contributed by atoms with Crippen molar-refractivity contribution >= 4 is 13.3 Å². The largest absolute Gasteiger partial charge is 0.204 e. The Balaban J connectivity index is 2.78. The number of benzene rings is 1. The highest BCUT2D eigenvalue weighted by atomic mass is 28.3. The quantitative estimate of drug-likeness (QED) is 0.301. The van der Waals surface area contributed by atoms with Crippen LogP contribution < -0.4 is 5.19 Å². The SMILES string of the molecule is CC1=C(C)C(C)C([Si](C)(C)c2c(F)c(F)c(F)c(F)c2F)=C1C. The first-order chi connectivity index (χ1) is 10.4. The summed E-state index contributed by atoms with van der Waals surface area (Å²) in [7, 11) is -3.09. The van der Waals surface area contributed by atoms with Crippen molar-refractivity contribution in [2.24, 2.45) is 5.92 Å². The maximum atomic E-state index is 14.3. The van der Waals surface area contributed by atoms with Gasteiger partial charge in [0.05, 0.1) is 0 Å². The fourth-order valence-corrected chi connectivity index (χ4v) is 7.67. The highest BCUT2D eigenvalue weighted by molar-refractivity contribution is 6.96. The van der Waals surface area contributed by atoms with E-state index in [9.17, 15) is 22.0 Å². The van der Waals surface area contributed by atoms with E-state index in [1.54, 1.807) is 13.1 Å². The summed E-state index contributed by atoms with van der Waals surface area (Å²) in [5.41, 5.74) is 2.99. The van der Waals surface area contributed by atoms with Gasteiger partial charge >= 0.3 is 0 Å². The second kappa shape index (κ2) is 5.58. The number of hydrogen-bond acceptors (Lipinski definition) is 0. The number of allylic oxidation sites excluding steroid dienone is 4. The van der Waals surface area contributed by atoms with Gasteiger partial charge in [0, 0.05) is 5.19 Å². The second-order valence-corrected chi connectivity index (χ2v) is 10.9. The standard InChI is InChI=1S/C17H19F5Si/c1-7-8(2)10(4)16(9(7)3)23(5,6)17-14(21)12(19)11(18)13(20)15(17)22/h9H,1-6H3. The van der Waals surface area contributed by atoms with Crippen molar-refractivity contribution in [3.63, 3.8) is 0 Å². The van der Waals surface area contributed by atoms with Gasteiger partial charge < -0.3 is 0 Å². The molecule has 0 amide bonds. The van der Waals surface area contributed by atoms with E-state index in [0.29, 0.717) is 0 Å². The molecule has 0 N–H and O–H groups in total. The highest BCUT2D eigenvalue weighted by Gasteiger charge is 2.43. The van der Waals surface area contributed by atoms with Gasteiger partial charge in [-0.2, -0.15) is 0 Å². The lowest BCUT2D eigenvalue weighted by Crippen LogP contribution is -2.50. The molecule has 6 heteroatoms. The van der Waals surface area contributed by atoms with Gasteiger partial charge in [0.2, 0.25) is 5.82 Å². The van der Waals surface area contributed by atoms with Crippen molar-refractivity contribution in [1.82, 2.24) is 0 Å². The summed E-state index contributed by atoms with van der Waals surface area (Å²) in [6, 6.07) is 0. The Morgan fingerprint density at radius 1 is 0.696 bits per heavy atom. The van der Waals surface area contributed by atoms with Crippen LogP contribution in [0.15, 0.2) is 21.9 Å². The zero-order chi connectivity index (χ0) is 17.9. The highest BCUT2D eigenvalue weighted by Crippen LogP contribution is 2.41. The molecular formula is C17H19F5Si. The first kappa shape index (κ1) is 17.9. The van der Waals surface area contributed by atoms with Crippen molar-refractivity contribution < 1.29 is 22.0 Å². The lowest BCUT2D eigenvalue weighted by Gasteiger charge is -2.31. The predicted molar refractivity (Wildman–Crippen MR) is 83.6 cm³/mol. The molecule has 126 valence electrons. The summed E-state index contributed by atoms with van der Waals surface area (Å²) in [5, 5.41) is 0.174. The van der Waals surface area contributed by atoms with Gasteiger partial charge in [0.25, 0.3) is 0 Å². The molecule has 0 saturated carbocycles. The van der Waals surface area contributed by atoms with Gasteiger partial charge in [0.1, 0.15) is 8.07 Å². The van der Waals surface area contributed by atoms with Crippen molar-refractivity contribution in [3.8, 4) is 0 Å². The molecule has 0 bridgehead atoms. The number of halogens is 5. The number of hydrogen-bond donors (Lipinski definition) is 0. The molecule has 1 aromatic carbocycles. The minimum absolute atomic E-state index is 0.0633. The van der Waals surface area contributed by atoms with E-state index in [1.165, 1.54) is 0 Å². The molecule has 2 rings (SSSR count). The maximum Gasteiger partial charge on any atom is 0.200 e. The minimum atomic E-state index is -3.09. The molecule has 1 aliphatic rings. The monoisotopic (exact) mass is 346 g/mol. The van der Waals surface area contributed by atoms with Crippen LogP contribution in [-0.4, -0.2) is 8.07 Å². The van der Waals surface area contributed by atoms with Gasteiger partial charge in [0.15, 0.2) is 23.3 Å². The van der Waals surface area contributed by atoms with Crippen LogP contribution in [0.2, 0.25) is 13.1 Å². The summed E-state index contributed by atoms with van der Waals surface area (Å²) >= 11 is 0. The molecule has 1 aromatic rings. The number of rotatable bonds is 2. The molecule has 1 aliphatic carbocycles. The van der Waals surface area contributed by atoms with E-state index >= 15 is 0 Å². The predicted octanol–water partition coefficient (Wildman–Crippen LogP) is 5.14. The lowest BCUT2D eigenvalue weighted by atomic mass is 10.1. The van der Waals surface area contributed by atoms with E-state index in [2.05, 4.69) is 0 Å². The van der Waals surface area contributed by atoms with Crippen LogP contribution in [0.25, 0.3) is 0 Å². The zero-order valence-corrected chi connectivity index (χ0v) is 15.0. The minimum Gasteiger partial charge on any atom is -0.204 e. The summed E-state index contributed by atoms with van der Waals surface area (Å²) in [4.78, 5) is 0. The Hall–Kier alpha value is -1.43. The van der Waals surface area contributed by atoms with Crippen LogP contribution in [0.4, 0.5) is 22.0 Å². The fraction of sp³-hybridized carbons (Fsp3) is 0.412. The molecule has 1 atom stereocenters. The van der Waals surface area contributed by atoms with E-state index in [1.807, 2.05) is 27.7 Å². The smallest absolute Gasteiger partial charge is 0.200 e. The molecule has 0 nitrogen and oxygen atoms in total. The molecule has 1 unspecified atom stereocenters. The van der Waals surface area contributed by atoms with Crippen LogP contribution >= 0.6 is 0 Å². The topological polar surface area (TPSA) is 0 Å². The third-order valence-electron chi connectivity index (χ3n) is 5.15. The maximum absolute atomic E-state index is 14.3. The van der Waals surface area contributed by atoms with Crippen LogP contribution in [0.5, 0.6) is 0 Å². The Morgan fingerprint density at radius 3 is 1.43 bits per heavy atom. The van der Waals surface area contributed by atoms with Crippen LogP contribution in [0, 0.1) is 35.0 Å². The van der Waals surface area contributed by atoms with Crippen molar-refractivity contribution in [1.29, 1.82) is 0 Å². The Morgan fingerprint density at radius 2 is 1.09 bits per heavy atom. The average Bonchev–Trinajstić information content (AvgIpc) is 2.67. The van der Waals surface area contributed by atoms with E-state index in [-0.39, 0.29) is 5.92 Å². The first-order valence-electron chi connectivity index (χ1n) is 7.35. The van der Waals surface area contributed by atoms with Crippen molar-refractivity contribution in [2.75, 3.05) is 0 Å². The lowest BCUT2D eigenvalue weighted by molar-refractivity contribution is 0.383. The van der Waals surface area contributed by atoms with Gasteiger partial charge in [-0.3, -0.25) is 0 Å². The van der Waals surface area contributed by atoms with Crippen LogP contribution in [-0.2, 0) is 0 Å². The van der Waals surface area contributed by atoms with Crippen molar-refractivity contribution in [2.45, 2.75) is 40.8 Å². The fourth-order valence-electron chi connectivity index (χ4n) is 3.66. The summed E-state index contributed by atoms with van der Waals surface area (Å²) in [6.07, 6.45) is 0. The van der Waals surface area contributed by atoms with Crippen molar-refractivity contribution in [3.05, 3.63) is 51.0 Å². The Bertz CT molecular complexity index is 730. The molecule has 0 spiro atoms. The summed E-state index contributed by atoms with van der Waals surface area (Å²) in [5.74, 6) is -9.31. The molecule has 0 aromatic heterocycles. The van der Waals surface area contributed by atoms with E-state index in [0.717, 1.165) is 21.9 Å². The molecule has 23 heavy (non-hydrogen) atoms. The van der Waals surface area contributed by atoms with Gasteiger partial charge in [-0.15, -0.1) is 0 Å². The third-order valence-corrected chi connectivity index (χ3v) is 8.99. The molecular weight excluding hydrogens is 327 g/mol. The second-order valence-electron chi connectivity index (χ2n) is 6.64. The van der Waals surface area contributed by atoms with E-state index < -0.39 is 42.3 Å². The summed E-state index contributed by atoms with van der Waals surface area (Å²) in [6.45, 7) is 10.9. The summed E-state index contributed by atoms with van der Waals surface area (Å²) < 4.78 is 69.1. The average molecular weight is 346 g/mol.